The molecule has 0 radical (unpaired) electrons. The summed E-state index contributed by atoms with van der Waals surface area (Å²) in [5, 5.41) is 6.10. The Morgan fingerprint density at radius 3 is 3.00 bits per heavy atom. The summed E-state index contributed by atoms with van der Waals surface area (Å²) in [6.45, 7) is 5.44. The van der Waals surface area contributed by atoms with E-state index in [1.165, 1.54) is 11.1 Å². The number of benzene rings is 1. The van der Waals surface area contributed by atoms with Gasteiger partial charge in [-0.3, -0.25) is 4.79 Å². The summed E-state index contributed by atoms with van der Waals surface area (Å²) in [6.07, 6.45) is 2.65. The summed E-state index contributed by atoms with van der Waals surface area (Å²) in [7, 11) is 1.85. The van der Waals surface area contributed by atoms with Gasteiger partial charge in [-0.15, -0.1) is 0 Å². The van der Waals surface area contributed by atoms with Crippen molar-refractivity contribution in [3.63, 3.8) is 0 Å². The first-order valence-corrected chi connectivity index (χ1v) is 8.52. The zero-order chi connectivity index (χ0) is 16.4. The van der Waals surface area contributed by atoms with Gasteiger partial charge in [-0.05, 0) is 39.4 Å². The van der Waals surface area contributed by atoms with Crippen LogP contribution < -0.4 is 20.1 Å². The zero-order valence-electron chi connectivity index (χ0n) is 14.1. The predicted octanol–water partition coefficient (Wildman–Crippen LogP) is 1.99. The molecule has 0 spiro atoms. The maximum absolute atomic E-state index is 11.9. The topological polar surface area (TPSA) is 59.6 Å². The first-order chi connectivity index (χ1) is 11.1. The SMILES string of the molecule is CCOc1cc2c(cc1C1CC1NC(=O)CCNC)OC(C)C2. The summed E-state index contributed by atoms with van der Waals surface area (Å²) in [6, 6.07) is 4.46. The lowest BCUT2D eigenvalue weighted by Gasteiger charge is -2.13. The average molecular weight is 318 g/mol. The average Bonchev–Trinajstić information content (AvgIpc) is 3.16. The van der Waals surface area contributed by atoms with Crippen molar-refractivity contribution in [2.75, 3.05) is 20.2 Å². The van der Waals surface area contributed by atoms with Crippen molar-refractivity contribution in [1.29, 1.82) is 0 Å². The highest BCUT2D eigenvalue weighted by atomic mass is 16.5. The van der Waals surface area contributed by atoms with Crippen molar-refractivity contribution >= 4 is 5.91 Å². The van der Waals surface area contributed by atoms with Crippen LogP contribution in [-0.4, -0.2) is 38.3 Å². The Kier molecular flexibility index (Phi) is 4.76. The highest BCUT2D eigenvalue weighted by molar-refractivity contribution is 5.77. The molecular formula is C18H26N2O3. The quantitative estimate of drug-likeness (QED) is 0.807. The van der Waals surface area contributed by atoms with Crippen LogP contribution in [0.4, 0.5) is 0 Å². The summed E-state index contributed by atoms with van der Waals surface area (Å²) in [4.78, 5) is 11.9. The van der Waals surface area contributed by atoms with E-state index in [1.54, 1.807) is 0 Å². The predicted molar refractivity (Wildman–Crippen MR) is 89.2 cm³/mol. The van der Waals surface area contributed by atoms with Gasteiger partial charge in [-0.2, -0.15) is 0 Å². The van der Waals surface area contributed by atoms with Crippen LogP contribution in [0.5, 0.6) is 11.5 Å². The lowest BCUT2D eigenvalue weighted by atomic mass is 10.0. The molecule has 1 amide bonds. The number of carbonyl (C=O) groups excluding carboxylic acids is 1. The van der Waals surface area contributed by atoms with E-state index in [0.717, 1.165) is 24.3 Å². The first kappa shape index (κ1) is 16.1. The van der Waals surface area contributed by atoms with Gasteiger partial charge in [0.1, 0.15) is 17.6 Å². The fourth-order valence-electron chi connectivity index (χ4n) is 3.24. The van der Waals surface area contributed by atoms with Gasteiger partial charge in [0.2, 0.25) is 5.91 Å². The number of nitrogens with one attached hydrogen (secondary N) is 2. The second kappa shape index (κ2) is 6.79. The van der Waals surface area contributed by atoms with E-state index in [4.69, 9.17) is 9.47 Å². The van der Waals surface area contributed by atoms with Crippen LogP contribution in [0.2, 0.25) is 0 Å². The number of hydrogen-bond acceptors (Lipinski definition) is 4. The molecule has 5 nitrogen and oxygen atoms in total. The van der Waals surface area contributed by atoms with Crippen molar-refractivity contribution in [2.45, 2.75) is 51.2 Å². The highest BCUT2D eigenvalue weighted by Gasteiger charge is 2.42. The Bertz CT molecular complexity index is 588. The van der Waals surface area contributed by atoms with Gasteiger partial charge in [0.05, 0.1) is 6.61 Å². The minimum atomic E-state index is 0.107. The fraction of sp³-hybridized carbons (Fsp3) is 0.611. The number of rotatable bonds is 7. The van der Waals surface area contributed by atoms with Gasteiger partial charge in [0.15, 0.2) is 0 Å². The molecule has 1 aliphatic heterocycles. The molecule has 1 aliphatic carbocycles. The molecule has 0 aromatic heterocycles. The molecule has 1 saturated carbocycles. The first-order valence-electron chi connectivity index (χ1n) is 8.52. The Morgan fingerprint density at radius 2 is 2.26 bits per heavy atom. The molecule has 3 unspecified atom stereocenters. The molecule has 2 aliphatic rings. The number of hydrogen-bond donors (Lipinski definition) is 2. The van der Waals surface area contributed by atoms with Crippen LogP contribution in [0.1, 0.15) is 43.7 Å². The largest absolute Gasteiger partial charge is 0.494 e. The minimum absolute atomic E-state index is 0.107. The molecule has 0 saturated heterocycles. The monoisotopic (exact) mass is 318 g/mol. The van der Waals surface area contributed by atoms with Crippen LogP contribution in [-0.2, 0) is 11.2 Å². The lowest BCUT2D eigenvalue weighted by Crippen LogP contribution is -2.29. The normalized spacial score (nSPS) is 24.7. The molecular weight excluding hydrogens is 292 g/mol. The smallest absolute Gasteiger partial charge is 0.221 e. The molecule has 23 heavy (non-hydrogen) atoms. The minimum Gasteiger partial charge on any atom is -0.494 e. The summed E-state index contributed by atoms with van der Waals surface area (Å²) in [5.41, 5.74) is 2.39. The van der Waals surface area contributed by atoms with E-state index in [-0.39, 0.29) is 18.1 Å². The molecule has 1 fully saturated rings. The van der Waals surface area contributed by atoms with E-state index in [2.05, 4.69) is 29.7 Å². The number of amides is 1. The van der Waals surface area contributed by atoms with E-state index in [9.17, 15) is 4.79 Å². The van der Waals surface area contributed by atoms with Gasteiger partial charge < -0.3 is 20.1 Å². The Labute approximate surface area is 137 Å². The molecule has 1 aromatic carbocycles. The molecule has 2 N–H and O–H groups in total. The van der Waals surface area contributed by atoms with E-state index in [1.807, 2.05) is 14.0 Å². The van der Waals surface area contributed by atoms with Gasteiger partial charge in [-0.1, -0.05) is 0 Å². The highest BCUT2D eigenvalue weighted by Crippen LogP contribution is 2.48. The van der Waals surface area contributed by atoms with Crippen molar-refractivity contribution in [3.8, 4) is 11.5 Å². The molecule has 1 heterocycles. The third kappa shape index (κ3) is 3.61. The molecule has 126 valence electrons. The number of carbonyl (C=O) groups is 1. The Hall–Kier alpha value is -1.75. The molecule has 3 rings (SSSR count). The van der Waals surface area contributed by atoms with Crippen LogP contribution in [0, 0.1) is 0 Å². The van der Waals surface area contributed by atoms with Gasteiger partial charge in [0.25, 0.3) is 0 Å². The number of fused-ring (bicyclic) bond motifs is 1. The van der Waals surface area contributed by atoms with E-state index >= 15 is 0 Å². The maximum atomic E-state index is 11.9. The second-order valence-corrected chi connectivity index (χ2v) is 6.43. The van der Waals surface area contributed by atoms with Gasteiger partial charge in [-0.25, -0.2) is 0 Å². The zero-order valence-corrected chi connectivity index (χ0v) is 14.1. The van der Waals surface area contributed by atoms with Crippen LogP contribution >= 0.6 is 0 Å². The lowest BCUT2D eigenvalue weighted by molar-refractivity contribution is -0.121. The van der Waals surface area contributed by atoms with Gasteiger partial charge in [0, 0.05) is 42.5 Å². The van der Waals surface area contributed by atoms with Crippen molar-refractivity contribution in [1.82, 2.24) is 10.6 Å². The third-order valence-electron chi connectivity index (χ3n) is 4.47. The Morgan fingerprint density at radius 1 is 1.43 bits per heavy atom. The summed E-state index contributed by atoms with van der Waals surface area (Å²) < 4.78 is 11.7. The second-order valence-electron chi connectivity index (χ2n) is 6.43. The van der Waals surface area contributed by atoms with Crippen LogP contribution in [0.15, 0.2) is 12.1 Å². The molecule has 5 heteroatoms. The fourth-order valence-corrected chi connectivity index (χ4v) is 3.24. The van der Waals surface area contributed by atoms with Gasteiger partial charge >= 0.3 is 0 Å². The van der Waals surface area contributed by atoms with Crippen molar-refractivity contribution in [2.24, 2.45) is 0 Å². The molecule has 0 bridgehead atoms. The molecule has 3 atom stereocenters. The van der Waals surface area contributed by atoms with Crippen molar-refractivity contribution < 1.29 is 14.3 Å². The third-order valence-corrected chi connectivity index (χ3v) is 4.47. The van der Waals surface area contributed by atoms with E-state index in [0.29, 0.717) is 25.5 Å². The van der Waals surface area contributed by atoms with E-state index < -0.39 is 0 Å². The summed E-state index contributed by atoms with van der Waals surface area (Å²) >= 11 is 0. The maximum Gasteiger partial charge on any atom is 0.221 e. The molecule has 1 aromatic rings. The number of ether oxygens (including phenoxy) is 2. The standard InChI is InChI=1S/C18H26N2O3/c1-4-22-17-8-12-7-11(2)23-16(12)10-14(17)13-9-15(13)20-18(21)5-6-19-3/h8,10-11,13,15,19H,4-7,9H2,1-3H3,(H,20,21). The Balaban J connectivity index is 1.71. The summed E-state index contributed by atoms with van der Waals surface area (Å²) in [5.74, 6) is 2.36. The van der Waals surface area contributed by atoms with Crippen molar-refractivity contribution in [3.05, 3.63) is 23.3 Å². The van der Waals surface area contributed by atoms with Crippen LogP contribution in [0.25, 0.3) is 0 Å². The van der Waals surface area contributed by atoms with Crippen LogP contribution in [0.3, 0.4) is 0 Å².